The molecule has 1 aliphatic rings. The molecular formula is C20H23IN2O. The third-order valence-corrected chi connectivity index (χ3v) is 5.23. The molecule has 0 unspecified atom stereocenters. The van der Waals surface area contributed by atoms with Crippen LogP contribution in [0.5, 0.6) is 0 Å². The molecule has 1 heterocycles. The van der Waals surface area contributed by atoms with E-state index < -0.39 is 0 Å². The van der Waals surface area contributed by atoms with Gasteiger partial charge in [-0.2, -0.15) is 0 Å². The van der Waals surface area contributed by atoms with Crippen LogP contribution >= 0.6 is 22.6 Å². The Bertz CT molecular complexity index is 639. The minimum atomic E-state index is 0.113. The van der Waals surface area contributed by atoms with Crippen molar-refractivity contribution in [3.05, 3.63) is 66.2 Å². The van der Waals surface area contributed by atoms with E-state index in [1.54, 1.807) is 0 Å². The highest BCUT2D eigenvalue weighted by molar-refractivity contribution is 14.1. The van der Waals surface area contributed by atoms with Crippen molar-refractivity contribution < 1.29 is 4.79 Å². The molecule has 2 aromatic carbocycles. The Morgan fingerprint density at radius 1 is 1.00 bits per heavy atom. The molecule has 1 fully saturated rings. The van der Waals surface area contributed by atoms with E-state index in [2.05, 4.69) is 35.2 Å². The monoisotopic (exact) mass is 434 g/mol. The number of piperidine rings is 1. The Morgan fingerprint density at radius 2 is 1.58 bits per heavy atom. The summed E-state index contributed by atoms with van der Waals surface area (Å²) in [5.74, 6) is 0. The van der Waals surface area contributed by atoms with Gasteiger partial charge in [0.25, 0.3) is 3.91 Å². The Kier molecular flexibility index (Phi) is 6.26. The summed E-state index contributed by atoms with van der Waals surface area (Å²) in [6.07, 6.45) is 3.18. The number of hydrogen-bond donors (Lipinski definition) is 0. The second kappa shape index (κ2) is 8.62. The fraction of sp³-hybridized carbons (Fsp3) is 0.350. The van der Waals surface area contributed by atoms with Crippen LogP contribution in [0.1, 0.15) is 18.4 Å². The Hall–Kier alpha value is -1.40. The van der Waals surface area contributed by atoms with Crippen LogP contribution in [0.15, 0.2) is 60.7 Å². The van der Waals surface area contributed by atoms with Gasteiger partial charge >= 0.3 is 0 Å². The SMILES string of the molecule is O=C(I)N(c1ccccc1)C1CCN(CCc2ccccc2)CC1. The summed E-state index contributed by atoms with van der Waals surface area (Å²) in [6, 6.07) is 21.0. The first kappa shape index (κ1) is 17.4. The number of likely N-dealkylation sites (tertiary alicyclic amines) is 1. The van der Waals surface area contributed by atoms with Crippen LogP contribution in [0.4, 0.5) is 10.5 Å². The van der Waals surface area contributed by atoms with Crippen LogP contribution in [0.2, 0.25) is 0 Å². The average Bonchev–Trinajstić information content (AvgIpc) is 2.63. The Morgan fingerprint density at radius 3 is 2.17 bits per heavy atom. The number of rotatable bonds is 5. The van der Waals surface area contributed by atoms with E-state index in [1.807, 2.05) is 57.8 Å². The standard InChI is InChI=1S/C20H23IN2O/c21-20(24)23(18-9-5-2-6-10-18)19-12-15-22(16-13-19)14-11-17-7-3-1-4-8-17/h1-10,19H,11-16H2. The van der Waals surface area contributed by atoms with Gasteiger partial charge in [-0.25, -0.2) is 0 Å². The molecule has 126 valence electrons. The van der Waals surface area contributed by atoms with E-state index >= 15 is 0 Å². The van der Waals surface area contributed by atoms with Crippen molar-refractivity contribution in [2.45, 2.75) is 25.3 Å². The summed E-state index contributed by atoms with van der Waals surface area (Å²) >= 11 is 1.91. The van der Waals surface area contributed by atoms with E-state index in [0.717, 1.165) is 44.6 Å². The molecular weight excluding hydrogens is 411 g/mol. The van der Waals surface area contributed by atoms with E-state index in [-0.39, 0.29) is 3.91 Å². The number of halogens is 1. The number of amides is 1. The van der Waals surface area contributed by atoms with E-state index in [1.165, 1.54) is 5.56 Å². The van der Waals surface area contributed by atoms with Gasteiger partial charge in [-0.05, 0) is 37.0 Å². The highest BCUT2D eigenvalue weighted by Crippen LogP contribution is 2.25. The van der Waals surface area contributed by atoms with Gasteiger partial charge in [0.05, 0.1) is 0 Å². The second-order valence-electron chi connectivity index (χ2n) is 6.27. The smallest absolute Gasteiger partial charge is 0.287 e. The summed E-state index contributed by atoms with van der Waals surface area (Å²) in [5, 5.41) is 0. The molecule has 0 saturated carbocycles. The molecule has 3 rings (SSSR count). The highest BCUT2D eigenvalue weighted by atomic mass is 127. The van der Waals surface area contributed by atoms with E-state index in [0.29, 0.717) is 6.04 Å². The minimum absolute atomic E-state index is 0.113. The molecule has 4 heteroatoms. The normalized spacial score (nSPS) is 16.0. The number of nitrogens with zero attached hydrogens (tertiary/aromatic N) is 2. The fourth-order valence-corrected chi connectivity index (χ4v) is 4.05. The van der Waals surface area contributed by atoms with Crippen molar-refractivity contribution in [3.63, 3.8) is 0 Å². The molecule has 3 nitrogen and oxygen atoms in total. The molecule has 0 spiro atoms. The molecule has 1 saturated heterocycles. The van der Waals surface area contributed by atoms with Crippen molar-refractivity contribution in [1.82, 2.24) is 4.90 Å². The Balaban J connectivity index is 1.54. The lowest BCUT2D eigenvalue weighted by Gasteiger charge is -2.37. The number of hydrogen-bond acceptors (Lipinski definition) is 2. The van der Waals surface area contributed by atoms with Crippen molar-refractivity contribution in [1.29, 1.82) is 0 Å². The first-order chi connectivity index (χ1) is 11.7. The third kappa shape index (κ3) is 4.57. The van der Waals surface area contributed by atoms with Crippen LogP contribution < -0.4 is 4.90 Å². The lowest BCUT2D eigenvalue weighted by molar-refractivity contribution is 0.210. The van der Waals surface area contributed by atoms with Gasteiger partial charge in [0.2, 0.25) is 0 Å². The maximum absolute atomic E-state index is 12.1. The summed E-state index contributed by atoms with van der Waals surface area (Å²) in [7, 11) is 0. The second-order valence-corrected chi connectivity index (χ2v) is 7.19. The van der Waals surface area contributed by atoms with Crippen LogP contribution in [-0.4, -0.2) is 34.5 Å². The minimum Gasteiger partial charge on any atom is -0.303 e. The zero-order valence-corrected chi connectivity index (χ0v) is 15.9. The van der Waals surface area contributed by atoms with Gasteiger partial charge in [-0.3, -0.25) is 4.79 Å². The maximum Gasteiger partial charge on any atom is 0.287 e. The molecule has 0 aliphatic carbocycles. The van der Waals surface area contributed by atoms with E-state index in [9.17, 15) is 4.79 Å². The first-order valence-electron chi connectivity index (χ1n) is 8.54. The third-order valence-electron chi connectivity index (χ3n) is 4.71. The van der Waals surface area contributed by atoms with Crippen LogP contribution in [0.25, 0.3) is 0 Å². The number of carbonyl (C=O) groups excluding carboxylic acids is 1. The number of para-hydroxylation sites is 1. The first-order valence-corrected chi connectivity index (χ1v) is 9.62. The van der Waals surface area contributed by atoms with Gasteiger partial charge < -0.3 is 9.80 Å². The number of anilines is 1. The van der Waals surface area contributed by atoms with Gasteiger partial charge in [-0.1, -0.05) is 48.5 Å². The summed E-state index contributed by atoms with van der Waals surface area (Å²) < 4.78 is 0.113. The molecule has 1 aliphatic heterocycles. The molecule has 0 atom stereocenters. The van der Waals surface area contributed by atoms with Gasteiger partial charge in [0.1, 0.15) is 0 Å². The predicted molar refractivity (Wildman–Crippen MR) is 108 cm³/mol. The quantitative estimate of drug-likeness (QED) is 0.385. The molecule has 0 N–H and O–H groups in total. The number of carbonyl (C=O) groups is 1. The van der Waals surface area contributed by atoms with Crippen LogP contribution in [0, 0.1) is 0 Å². The van der Waals surface area contributed by atoms with Crippen molar-refractivity contribution in [2.75, 3.05) is 24.5 Å². The molecule has 0 bridgehead atoms. The van der Waals surface area contributed by atoms with E-state index in [4.69, 9.17) is 0 Å². The summed E-state index contributed by atoms with van der Waals surface area (Å²) in [5.41, 5.74) is 2.41. The zero-order valence-electron chi connectivity index (χ0n) is 13.8. The van der Waals surface area contributed by atoms with Crippen LogP contribution in [0.3, 0.4) is 0 Å². The maximum atomic E-state index is 12.1. The Labute approximate surface area is 157 Å². The van der Waals surface area contributed by atoms with Crippen LogP contribution in [-0.2, 0) is 6.42 Å². The fourth-order valence-electron chi connectivity index (χ4n) is 3.38. The predicted octanol–water partition coefficient (Wildman–Crippen LogP) is 4.76. The van der Waals surface area contributed by atoms with Gasteiger partial charge in [-0.15, -0.1) is 0 Å². The van der Waals surface area contributed by atoms with Crippen molar-refractivity contribution in [2.24, 2.45) is 0 Å². The molecule has 2 aromatic rings. The molecule has 24 heavy (non-hydrogen) atoms. The van der Waals surface area contributed by atoms with Gasteiger partial charge in [0, 0.05) is 54.0 Å². The summed E-state index contributed by atoms with van der Waals surface area (Å²) in [4.78, 5) is 16.6. The topological polar surface area (TPSA) is 23.6 Å². The average molecular weight is 434 g/mol. The number of benzene rings is 2. The zero-order chi connectivity index (χ0) is 16.8. The molecule has 1 amide bonds. The van der Waals surface area contributed by atoms with Gasteiger partial charge in [0.15, 0.2) is 0 Å². The van der Waals surface area contributed by atoms with Crippen molar-refractivity contribution in [3.8, 4) is 0 Å². The molecule has 0 aromatic heterocycles. The largest absolute Gasteiger partial charge is 0.303 e. The summed E-state index contributed by atoms with van der Waals surface area (Å²) in [6.45, 7) is 3.22. The molecule has 0 radical (unpaired) electrons. The highest BCUT2D eigenvalue weighted by Gasteiger charge is 2.27. The lowest BCUT2D eigenvalue weighted by Crippen LogP contribution is -2.46. The van der Waals surface area contributed by atoms with Crippen molar-refractivity contribution >= 4 is 32.2 Å². The lowest BCUT2D eigenvalue weighted by atomic mass is 10.0.